The van der Waals surface area contributed by atoms with E-state index in [-0.39, 0.29) is 12.5 Å². The Morgan fingerprint density at radius 1 is 1.24 bits per heavy atom. The van der Waals surface area contributed by atoms with Gasteiger partial charge in [0.1, 0.15) is 11.8 Å². The van der Waals surface area contributed by atoms with Gasteiger partial charge in [0, 0.05) is 10.0 Å². The number of hydrogen-bond acceptors (Lipinski definition) is 3. The number of nitrogens with one attached hydrogen (secondary N) is 1. The van der Waals surface area contributed by atoms with Gasteiger partial charge in [0.25, 0.3) is 5.91 Å². The number of aliphatic carboxylic acids is 1. The van der Waals surface area contributed by atoms with Gasteiger partial charge in [0.2, 0.25) is 0 Å². The number of carboxylic acids is 1. The lowest BCUT2D eigenvalue weighted by Gasteiger charge is -2.16. The Bertz CT molecular complexity index is 499. The molecule has 0 aliphatic heterocycles. The van der Waals surface area contributed by atoms with Crippen molar-refractivity contribution < 1.29 is 19.4 Å². The van der Waals surface area contributed by atoms with Crippen LogP contribution < -0.4 is 10.1 Å². The molecule has 0 saturated carbocycles. The Hall–Kier alpha value is -1.46. The van der Waals surface area contributed by atoms with Crippen molar-refractivity contribution in [3.63, 3.8) is 0 Å². The van der Waals surface area contributed by atoms with Crippen LogP contribution in [-0.4, -0.2) is 29.6 Å². The van der Waals surface area contributed by atoms with Gasteiger partial charge in [0.15, 0.2) is 6.61 Å². The molecule has 1 amide bonds. The molecule has 0 saturated heterocycles. The predicted molar refractivity (Wildman–Crippen MR) is 81.0 cm³/mol. The standard InChI is InChI=1S/C14H17Cl2NO4/c1-8(2)3-12(14(19)20)17-13(18)7-21-11-5-9(15)4-10(16)6-11/h4-6,8,12H,3,7H2,1-2H3,(H,17,18)(H,19,20). The first-order valence-electron chi connectivity index (χ1n) is 6.39. The van der Waals surface area contributed by atoms with E-state index in [9.17, 15) is 9.59 Å². The minimum atomic E-state index is -1.07. The summed E-state index contributed by atoms with van der Waals surface area (Å²) in [5.74, 6) is -1.08. The van der Waals surface area contributed by atoms with Crippen LogP contribution in [0.15, 0.2) is 18.2 Å². The normalized spacial score (nSPS) is 12.0. The molecule has 7 heteroatoms. The van der Waals surface area contributed by atoms with E-state index in [0.29, 0.717) is 22.2 Å². The molecule has 0 aliphatic rings. The first-order chi connectivity index (χ1) is 9.77. The lowest BCUT2D eigenvalue weighted by atomic mass is 10.0. The van der Waals surface area contributed by atoms with E-state index >= 15 is 0 Å². The highest BCUT2D eigenvalue weighted by Gasteiger charge is 2.21. The number of carbonyl (C=O) groups is 2. The molecule has 116 valence electrons. The van der Waals surface area contributed by atoms with Crippen LogP contribution in [0.25, 0.3) is 0 Å². The number of hydrogen-bond donors (Lipinski definition) is 2. The second-order valence-electron chi connectivity index (χ2n) is 4.98. The summed E-state index contributed by atoms with van der Waals surface area (Å²) in [5.41, 5.74) is 0. The summed E-state index contributed by atoms with van der Waals surface area (Å²) in [6, 6.07) is 3.65. The topological polar surface area (TPSA) is 75.6 Å². The minimum absolute atomic E-state index is 0.152. The highest BCUT2D eigenvalue weighted by atomic mass is 35.5. The van der Waals surface area contributed by atoms with Crippen molar-refractivity contribution in [2.24, 2.45) is 5.92 Å². The minimum Gasteiger partial charge on any atom is -0.484 e. The molecule has 1 aromatic carbocycles. The number of amides is 1. The van der Waals surface area contributed by atoms with E-state index in [1.54, 1.807) is 6.07 Å². The Morgan fingerprint density at radius 2 is 1.81 bits per heavy atom. The molecule has 2 N–H and O–H groups in total. The number of carbonyl (C=O) groups excluding carboxylic acids is 1. The summed E-state index contributed by atoms with van der Waals surface area (Å²) in [6.45, 7) is 3.46. The number of halogens is 2. The third kappa shape index (κ3) is 6.69. The van der Waals surface area contributed by atoms with Gasteiger partial charge in [-0.05, 0) is 30.5 Å². The number of ether oxygens (including phenoxy) is 1. The monoisotopic (exact) mass is 333 g/mol. The van der Waals surface area contributed by atoms with Crippen LogP contribution in [0.4, 0.5) is 0 Å². The maximum atomic E-state index is 11.7. The maximum absolute atomic E-state index is 11.7. The fraction of sp³-hybridized carbons (Fsp3) is 0.429. The van der Waals surface area contributed by atoms with Crippen molar-refractivity contribution in [3.05, 3.63) is 28.2 Å². The largest absolute Gasteiger partial charge is 0.484 e. The van der Waals surface area contributed by atoms with Crippen LogP contribution in [0.1, 0.15) is 20.3 Å². The Morgan fingerprint density at radius 3 is 2.29 bits per heavy atom. The lowest BCUT2D eigenvalue weighted by Crippen LogP contribution is -2.43. The molecule has 21 heavy (non-hydrogen) atoms. The molecular weight excluding hydrogens is 317 g/mol. The van der Waals surface area contributed by atoms with Crippen molar-refractivity contribution in [2.45, 2.75) is 26.3 Å². The summed E-state index contributed by atoms with van der Waals surface area (Å²) < 4.78 is 5.24. The van der Waals surface area contributed by atoms with Crippen LogP contribution in [0, 0.1) is 5.92 Å². The highest BCUT2D eigenvalue weighted by molar-refractivity contribution is 6.34. The zero-order chi connectivity index (χ0) is 16.0. The van der Waals surface area contributed by atoms with Crippen molar-refractivity contribution in [1.82, 2.24) is 5.32 Å². The van der Waals surface area contributed by atoms with Gasteiger partial charge in [-0.2, -0.15) is 0 Å². The van der Waals surface area contributed by atoms with Gasteiger partial charge in [0.05, 0.1) is 0 Å². The molecule has 1 aromatic rings. The van der Waals surface area contributed by atoms with Crippen LogP contribution >= 0.6 is 23.2 Å². The third-order valence-electron chi connectivity index (χ3n) is 2.55. The van der Waals surface area contributed by atoms with Gasteiger partial charge in [-0.3, -0.25) is 4.79 Å². The van der Waals surface area contributed by atoms with Gasteiger partial charge >= 0.3 is 5.97 Å². The number of rotatable bonds is 7. The van der Waals surface area contributed by atoms with E-state index in [1.807, 2.05) is 13.8 Å². The first kappa shape index (κ1) is 17.6. The second-order valence-corrected chi connectivity index (χ2v) is 5.85. The fourth-order valence-electron chi connectivity index (χ4n) is 1.69. The summed E-state index contributed by atoms with van der Waals surface area (Å²) >= 11 is 11.6. The zero-order valence-electron chi connectivity index (χ0n) is 11.7. The SMILES string of the molecule is CC(C)CC(NC(=O)COc1cc(Cl)cc(Cl)c1)C(=O)O. The molecular formula is C14H17Cl2NO4. The number of benzene rings is 1. The van der Waals surface area contributed by atoms with Crippen molar-refractivity contribution in [1.29, 1.82) is 0 Å². The molecule has 1 rings (SSSR count). The van der Waals surface area contributed by atoms with Crippen LogP contribution in [0.2, 0.25) is 10.0 Å². The molecule has 0 heterocycles. The predicted octanol–water partition coefficient (Wildman–Crippen LogP) is 2.99. The summed E-state index contributed by atoms with van der Waals surface area (Å²) in [7, 11) is 0. The zero-order valence-corrected chi connectivity index (χ0v) is 13.2. The van der Waals surface area contributed by atoms with Crippen molar-refractivity contribution >= 4 is 35.1 Å². The highest BCUT2D eigenvalue weighted by Crippen LogP contribution is 2.24. The third-order valence-corrected chi connectivity index (χ3v) is 2.98. The molecule has 0 bridgehead atoms. The lowest BCUT2D eigenvalue weighted by molar-refractivity contribution is -0.142. The average molecular weight is 334 g/mol. The molecule has 1 atom stereocenters. The van der Waals surface area contributed by atoms with E-state index in [2.05, 4.69) is 5.32 Å². The van der Waals surface area contributed by atoms with E-state index < -0.39 is 17.9 Å². The Kier molecular flexibility index (Phi) is 6.78. The maximum Gasteiger partial charge on any atom is 0.326 e. The molecule has 5 nitrogen and oxygen atoms in total. The van der Waals surface area contributed by atoms with Gasteiger partial charge < -0.3 is 15.2 Å². The number of carboxylic acid groups (broad SMARTS) is 1. The molecule has 0 fully saturated rings. The molecule has 1 unspecified atom stereocenters. The van der Waals surface area contributed by atoms with Crippen molar-refractivity contribution in [2.75, 3.05) is 6.61 Å². The second kappa shape index (κ2) is 8.10. The molecule has 0 aliphatic carbocycles. The van der Waals surface area contributed by atoms with Gasteiger partial charge in [-0.1, -0.05) is 37.0 Å². The van der Waals surface area contributed by atoms with Crippen LogP contribution in [0.3, 0.4) is 0 Å². The van der Waals surface area contributed by atoms with E-state index in [1.165, 1.54) is 12.1 Å². The van der Waals surface area contributed by atoms with Crippen LogP contribution in [-0.2, 0) is 9.59 Å². The average Bonchev–Trinajstić information content (AvgIpc) is 2.33. The van der Waals surface area contributed by atoms with E-state index in [0.717, 1.165) is 0 Å². The van der Waals surface area contributed by atoms with Crippen LogP contribution in [0.5, 0.6) is 5.75 Å². The quantitative estimate of drug-likeness (QED) is 0.804. The summed E-state index contributed by atoms with van der Waals surface area (Å²) in [5, 5.41) is 12.2. The Balaban J connectivity index is 2.54. The summed E-state index contributed by atoms with van der Waals surface area (Å²) in [4.78, 5) is 22.8. The first-order valence-corrected chi connectivity index (χ1v) is 7.14. The molecule has 0 aromatic heterocycles. The molecule has 0 radical (unpaired) electrons. The smallest absolute Gasteiger partial charge is 0.326 e. The van der Waals surface area contributed by atoms with Gasteiger partial charge in [-0.15, -0.1) is 0 Å². The molecule has 0 spiro atoms. The fourth-order valence-corrected chi connectivity index (χ4v) is 2.20. The van der Waals surface area contributed by atoms with Gasteiger partial charge in [-0.25, -0.2) is 4.79 Å². The Labute approximate surface area is 133 Å². The van der Waals surface area contributed by atoms with Crippen molar-refractivity contribution in [3.8, 4) is 5.75 Å². The van der Waals surface area contributed by atoms with E-state index in [4.69, 9.17) is 33.0 Å². The summed E-state index contributed by atoms with van der Waals surface area (Å²) in [6.07, 6.45) is 0.351.